The van der Waals surface area contributed by atoms with Gasteiger partial charge in [0.05, 0.1) is 22.0 Å². The first-order valence-electron chi connectivity index (χ1n) is 12.4. The van der Waals surface area contributed by atoms with Crippen molar-refractivity contribution in [1.29, 1.82) is 0 Å². The Balaban J connectivity index is 1.35. The first-order valence-corrected chi connectivity index (χ1v) is 15.3. The van der Waals surface area contributed by atoms with Crippen molar-refractivity contribution in [1.82, 2.24) is 9.62 Å². The molecule has 0 atom stereocenters. The maximum absolute atomic E-state index is 13.5. The number of anilines is 1. The first kappa shape index (κ1) is 28.5. The van der Waals surface area contributed by atoms with Crippen LogP contribution in [0.4, 0.5) is 10.1 Å². The van der Waals surface area contributed by atoms with Gasteiger partial charge in [0, 0.05) is 13.1 Å². The molecule has 39 heavy (non-hydrogen) atoms. The van der Waals surface area contributed by atoms with Gasteiger partial charge in [0.15, 0.2) is 0 Å². The Bertz CT molecular complexity index is 1490. The molecule has 9 nitrogen and oxygen atoms in total. The molecule has 1 saturated heterocycles. The molecule has 0 radical (unpaired) electrons. The van der Waals surface area contributed by atoms with Gasteiger partial charge in [0.1, 0.15) is 24.7 Å². The van der Waals surface area contributed by atoms with Crippen molar-refractivity contribution in [2.24, 2.45) is 0 Å². The predicted octanol–water partition coefficient (Wildman–Crippen LogP) is 3.31. The zero-order chi connectivity index (χ0) is 28.0. The van der Waals surface area contributed by atoms with Crippen LogP contribution in [0.25, 0.3) is 0 Å². The molecule has 12 heteroatoms. The number of benzene rings is 3. The molecule has 1 fully saturated rings. The molecule has 0 unspecified atom stereocenters. The monoisotopic (exact) mass is 575 g/mol. The average molecular weight is 576 g/mol. The van der Waals surface area contributed by atoms with E-state index in [2.05, 4.69) is 5.32 Å². The summed E-state index contributed by atoms with van der Waals surface area (Å²) in [5.74, 6) is -0.681. The van der Waals surface area contributed by atoms with E-state index in [-0.39, 0.29) is 28.6 Å². The fraction of sp³-hybridized carbons (Fsp3) is 0.296. The van der Waals surface area contributed by atoms with Gasteiger partial charge < -0.3 is 10.1 Å². The van der Waals surface area contributed by atoms with Gasteiger partial charge in [0.25, 0.3) is 10.0 Å². The van der Waals surface area contributed by atoms with Crippen molar-refractivity contribution in [3.63, 3.8) is 0 Å². The average Bonchev–Trinajstić information content (AvgIpc) is 3.47. The van der Waals surface area contributed by atoms with Gasteiger partial charge in [-0.1, -0.05) is 17.7 Å². The highest BCUT2D eigenvalue weighted by Gasteiger charge is 2.28. The summed E-state index contributed by atoms with van der Waals surface area (Å²) in [7, 11) is -7.63. The molecular weight excluding hydrogens is 545 g/mol. The summed E-state index contributed by atoms with van der Waals surface area (Å²) in [6.45, 7) is 2.50. The van der Waals surface area contributed by atoms with E-state index < -0.39 is 38.3 Å². The third-order valence-corrected chi connectivity index (χ3v) is 9.93. The predicted molar refractivity (Wildman–Crippen MR) is 145 cm³/mol. The molecule has 0 aromatic heterocycles. The Kier molecular flexibility index (Phi) is 8.88. The number of carbonyl (C=O) groups excluding carboxylic acids is 1. The third kappa shape index (κ3) is 6.94. The van der Waals surface area contributed by atoms with Crippen molar-refractivity contribution in [3.8, 4) is 5.75 Å². The molecule has 1 N–H and O–H groups in total. The standard InChI is InChI=1S/C27H30FN3O6S2/c1-21-4-12-26(13-5-21)39(35,36)31(23-8-6-22(28)7-9-23)20-27(32)29-16-19-37-24-10-14-25(15-11-24)38(33,34)30-17-2-3-18-30/h4-15H,2-3,16-20H2,1H3,(H,29,32). The molecule has 1 aliphatic rings. The van der Waals surface area contributed by atoms with Crippen LogP contribution < -0.4 is 14.4 Å². The normalized spacial score (nSPS) is 14.2. The van der Waals surface area contributed by atoms with E-state index in [0.717, 1.165) is 34.8 Å². The number of ether oxygens (including phenoxy) is 1. The van der Waals surface area contributed by atoms with Crippen LogP contribution in [0.2, 0.25) is 0 Å². The van der Waals surface area contributed by atoms with E-state index in [0.29, 0.717) is 18.8 Å². The van der Waals surface area contributed by atoms with Crippen LogP contribution in [0.1, 0.15) is 18.4 Å². The number of sulfonamides is 2. The van der Waals surface area contributed by atoms with E-state index in [1.165, 1.54) is 40.7 Å². The van der Waals surface area contributed by atoms with Gasteiger partial charge in [0.2, 0.25) is 15.9 Å². The van der Waals surface area contributed by atoms with Crippen LogP contribution >= 0.6 is 0 Å². The van der Waals surface area contributed by atoms with Gasteiger partial charge in [-0.2, -0.15) is 4.31 Å². The number of carbonyl (C=O) groups is 1. The van der Waals surface area contributed by atoms with Crippen molar-refractivity contribution >= 4 is 31.6 Å². The molecule has 0 saturated carbocycles. The Morgan fingerprint density at radius 1 is 0.897 bits per heavy atom. The molecule has 1 heterocycles. The number of nitrogens with one attached hydrogen (secondary N) is 1. The van der Waals surface area contributed by atoms with Crippen LogP contribution in [0, 0.1) is 12.7 Å². The fourth-order valence-electron chi connectivity index (χ4n) is 4.09. The van der Waals surface area contributed by atoms with E-state index in [1.54, 1.807) is 24.3 Å². The summed E-state index contributed by atoms with van der Waals surface area (Å²) in [6.07, 6.45) is 1.71. The number of nitrogens with zero attached hydrogens (tertiary/aromatic N) is 2. The van der Waals surface area contributed by atoms with Gasteiger partial charge in [-0.25, -0.2) is 21.2 Å². The van der Waals surface area contributed by atoms with Gasteiger partial charge in [-0.15, -0.1) is 0 Å². The summed E-state index contributed by atoms with van der Waals surface area (Å²) < 4.78 is 73.4. The summed E-state index contributed by atoms with van der Waals surface area (Å²) >= 11 is 0. The molecule has 208 valence electrons. The SMILES string of the molecule is Cc1ccc(S(=O)(=O)N(CC(=O)NCCOc2ccc(S(=O)(=O)N3CCCC3)cc2)c2ccc(F)cc2)cc1. The Hall–Kier alpha value is -3.48. The van der Waals surface area contributed by atoms with Gasteiger partial charge >= 0.3 is 0 Å². The Labute approximate surface area is 228 Å². The minimum Gasteiger partial charge on any atom is -0.492 e. The lowest BCUT2D eigenvalue weighted by atomic mass is 10.2. The van der Waals surface area contributed by atoms with Crippen LogP contribution in [-0.2, 0) is 24.8 Å². The van der Waals surface area contributed by atoms with E-state index in [1.807, 2.05) is 6.92 Å². The Morgan fingerprint density at radius 2 is 1.49 bits per heavy atom. The fourth-order valence-corrected chi connectivity index (χ4v) is 7.03. The summed E-state index contributed by atoms with van der Waals surface area (Å²) in [4.78, 5) is 12.9. The minimum atomic E-state index is -4.11. The van der Waals surface area contributed by atoms with Crippen molar-refractivity contribution in [3.05, 3.63) is 84.2 Å². The van der Waals surface area contributed by atoms with Gasteiger partial charge in [-0.05, 0) is 80.4 Å². The number of rotatable bonds is 11. The molecule has 0 spiro atoms. The molecule has 3 aromatic rings. The molecule has 3 aromatic carbocycles. The van der Waals surface area contributed by atoms with E-state index in [9.17, 15) is 26.0 Å². The third-order valence-electron chi connectivity index (χ3n) is 6.23. The zero-order valence-electron chi connectivity index (χ0n) is 21.4. The molecular formula is C27H30FN3O6S2. The van der Waals surface area contributed by atoms with E-state index >= 15 is 0 Å². The summed E-state index contributed by atoms with van der Waals surface area (Å²) in [6, 6.07) is 17.1. The van der Waals surface area contributed by atoms with Crippen molar-refractivity contribution in [2.45, 2.75) is 29.6 Å². The van der Waals surface area contributed by atoms with Crippen LogP contribution in [0.3, 0.4) is 0 Å². The minimum absolute atomic E-state index is 0.00347. The molecule has 0 bridgehead atoms. The lowest BCUT2D eigenvalue weighted by Crippen LogP contribution is -2.41. The molecule has 0 aliphatic carbocycles. The molecule has 1 amide bonds. The highest BCUT2D eigenvalue weighted by molar-refractivity contribution is 7.92. The van der Waals surface area contributed by atoms with Crippen LogP contribution in [-0.4, -0.2) is 59.8 Å². The second-order valence-corrected chi connectivity index (χ2v) is 12.9. The largest absolute Gasteiger partial charge is 0.492 e. The topological polar surface area (TPSA) is 113 Å². The second-order valence-electron chi connectivity index (χ2n) is 9.08. The van der Waals surface area contributed by atoms with Crippen molar-refractivity contribution in [2.75, 3.05) is 37.1 Å². The first-order chi connectivity index (χ1) is 18.6. The maximum atomic E-state index is 13.5. The number of hydrogen-bond donors (Lipinski definition) is 1. The highest BCUT2D eigenvalue weighted by Crippen LogP contribution is 2.25. The maximum Gasteiger partial charge on any atom is 0.264 e. The second kappa shape index (κ2) is 12.1. The Morgan fingerprint density at radius 3 is 2.10 bits per heavy atom. The van der Waals surface area contributed by atoms with Crippen LogP contribution in [0.5, 0.6) is 5.75 Å². The number of amides is 1. The summed E-state index contributed by atoms with van der Waals surface area (Å²) in [5, 5.41) is 2.62. The zero-order valence-corrected chi connectivity index (χ0v) is 23.0. The van der Waals surface area contributed by atoms with Crippen LogP contribution in [0.15, 0.2) is 82.6 Å². The number of hydrogen-bond acceptors (Lipinski definition) is 6. The smallest absolute Gasteiger partial charge is 0.264 e. The van der Waals surface area contributed by atoms with Gasteiger partial charge in [-0.3, -0.25) is 9.10 Å². The lowest BCUT2D eigenvalue weighted by molar-refractivity contribution is -0.119. The van der Waals surface area contributed by atoms with E-state index in [4.69, 9.17) is 4.74 Å². The quantitative estimate of drug-likeness (QED) is 0.351. The summed E-state index contributed by atoms with van der Waals surface area (Å²) in [5.41, 5.74) is 1.02. The molecule has 4 rings (SSSR count). The lowest BCUT2D eigenvalue weighted by Gasteiger charge is -2.24. The number of aryl methyl sites for hydroxylation is 1. The highest BCUT2D eigenvalue weighted by atomic mass is 32.2. The molecule has 1 aliphatic heterocycles. The number of halogens is 1. The van der Waals surface area contributed by atoms with Crippen molar-refractivity contribution < 1.29 is 30.8 Å².